The fourth-order valence-corrected chi connectivity index (χ4v) is 2.64. The van der Waals surface area contributed by atoms with E-state index in [2.05, 4.69) is 26.3 Å². The second-order valence-electron chi connectivity index (χ2n) is 5.86. The fourth-order valence-electron chi connectivity index (χ4n) is 2.64. The molecule has 3 rings (SSSR count). The first-order chi connectivity index (χ1) is 12.0. The van der Waals surface area contributed by atoms with E-state index in [0.29, 0.717) is 16.9 Å². The number of rotatable bonds is 4. The molecule has 0 radical (unpaired) electrons. The Morgan fingerprint density at radius 3 is 2.52 bits per heavy atom. The van der Waals surface area contributed by atoms with Crippen LogP contribution in [0, 0.1) is 24.1 Å². The first-order valence-corrected chi connectivity index (χ1v) is 7.83. The van der Waals surface area contributed by atoms with Crippen LogP contribution in [0.3, 0.4) is 0 Å². The first-order valence-electron chi connectivity index (χ1n) is 7.83. The molecular formula is C18H17FN6. The van der Waals surface area contributed by atoms with Gasteiger partial charge in [0.25, 0.3) is 0 Å². The number of nitrogens with zero attached hydrogens (tertiary/aromatic N) is 5. The lowest BCUT2D eigenvalue weighted by Crippen LogP contribution is -2.08. The van der Waals surface area contributed by atoms with Crippen molar-refractivity contribution >= 4 is 11.6 Å². The Morgan fingerprint density at radius 2 is 1.88 bits per heavy atom. The van der Waals surface area contributed by atoms with Gasteiger partial charge in [-0.25, -0.2) is 19.3 Å². The van der Waals surface area contributed by atoms with Crippen LogP contribution in [0.5, 0.6) is 0 Å². The number of aromatic nitrogens is 4. The zero-order chi connectivity index (χ0) is 18.0. The molecule has 25 heavy (non-hydrogen) atoms. The highest BCUT2D eigenvalue weighted by molar-refractivity contribution is 5.60. The van der Waals surface area contributed by atoms with Gasteiger partial charge in [-0.05, 0) is 45.0 Å². The Bertz CT molecular complexity index is 937. The number of hydrogen-bond acceptors (Lipinski definition) is 5. The Labute approximate surface area is 145 Å². The molecule has 0 aliphatic rings. The molecule has 126 valence electrons. The van der Waals surface area contributed by atoms with Crippen LogP contribution in [0.2, 0.25) is 0 Å². The van der Waals surface area contributed by atoms with Crippen molar-refractivity contribution in [1.82, 2.24) is 19.5 Å². The van der Waals surface area contributed by atoms with Gasteiger partial charge in [-0.1, -0.05) is 0 Å². The lowest BCUT2D eigenvalue weighted by atomic mass is 10.2. The Hall–Kier alpha value is -3.27. The largest absolute Gasteiger partial charge is 0.324 e. The van der Waals surface area contributed by atoms with E-state index >= 15 is 0 Å². The molecule has 1 aromatic carbocycles. The normalized spacial score (nSPS) is 10.7. The molecule has 0 amide bonds. The molecule has 0 bridgehead atoms. The number of nitriles is 1. The first kappa shape index (κ1) is 16.6. The molecule has 0 unspecified atom stereocenters. The zero-order valence-corrected chi connectivity index (χ0v) is 14.2. The van der Waals surface area contributed by atoms with E-state index in [1.807, 2.05) is 25.3 Å². The van der Waals surface area contributed by atoms with Gasteiger partial charge >= 0.3 is 0 Å². The average molecular weight is 336 g/mol. The number of anilines is 2. The predicted molar refractivity (Wildman–Crippen MR) is 92.8 cm³/mol. The smallest absolute Gasteiger partial charge is 0.227 e. The maximum absolute atomic E-state index is 14.3. The third-order valence-corrected chi connectivity index (χ3v) is 3.76. The molecule has 0 atom stereocenters. The molecule has 1 N–H and O–H groups in total. The number of hydrogen-bond donors (Lipinski definition) is 1. The predicted octanol–water partition coefficient (Wildman–Crippen LogP) is 3.98. The summed E-state index contributed by atoms with van der Waals surface area (Å²) in [6.45, 7) is 5.89. The topological polar surface area (TPSA) is 79.4 Å². The van der Waals surface area contributed by atoms with Crippen molar-refractivity contribution < 1.29 is 4.39 Å². The van der Waals surface area contributed by atoms with Crippen molar-refractivity contribution in [3.05, 3.63) is 53.9 Å². The van der Waals surface area contributed by atoms with E-state index in [9.17, 15) is 4.39 Å². The Balaban J connectivity index is 1.97. The van der Waals surface area contributed by atoms with Gasteiger partial charge in [-0.3, -0.25) is 0 Å². The van der Waals surface area contributed by atoms with E-state index in [1.165, 1.54) is 0 Å². The minimum Gasteiger partial charge on any atom is -0.324 e. The number of aryl methyl sites for hydroxylation is 1. The van der Waals surface area contributed by atoms with Crippen LogP contribution >= 0.6 is 0 Å². The van der Waals surface area contributed by atoms with Gasteiger partial charge in [0.2, 0.25) is 5.95 Å². The van der Waals surface area contributed by atoms with Gasteiger partial charge in [-0.2, -0.15) is 5.26 Å². The van der Waals surface area contributed by atoms with Crippen molar-refractivity contribution in [1.29, 1.82) is 5.26 Å². The molecule has 0 aliphatic carbocycles. The van der Waals surface area contributed by atoms with Crippen LogP contribution in [0.25, 0.3) is 11.4 Å². The van der Waals surface area contributed by atoms with E-state index in [4.69, 9.17) is 5.26 Å². The van der Waals surface area contributed by atoms with Gasteiger partial charge < -0.3 is 9.88 Å². The van der Waals surface area contributed by atoms with E-state index < -0.39 is 5.82 Å². The van der Waals surface area contributed by atoms with Crippen LogP contribution in [0.15, 0.2) is 36.7 Å². The van der Waals surface area contributed by atoms with E-state index in [0.717, 1.165) is 12.0 Å². The SMILES string of the molecule is Cc1ncc(-c2nc(Nc3ccc(C#N)cc3)ncc2F)n1C(C)C. The van der Waals surface area contributed by atoms with Crippen LogP contribution in [0.4, 0.5) is 16.0 Å². The van der Waals surface area contributed by atoms with E-state index in [1.54, 1.807) is 30.5 Å². The molecule has 7 heteroatoms. The van der Waals surface area contributed by atoms with Crippen LogP contribution in [-0.4, -0.2) is 19.5 Å². The zero-order valence-electron chi connectivity index (χ0n) is 14.2. The molecule has 0 fully saturated rings. The van der Waals surface area contributed by atoms with Gasteiger partial charge in [0.05, 0.1) is 29.7 Å². The monoisotopic (exact) mass is 336 g/mol. The summed E-state index contributed by atoms with van der Waals surface area (Å²) < 4.78 is 16.2. The minimum absolute atomic E-state index is 0.127. The van der Waals surface area contributed by atoms with Gasteiger partial charge in [0.15, 0.2) is 5.82 Å². The Kier molecular flexibility index (Phi) is 4.44. The van der Waals surface area contributed by atoms with Crippen molar-refractivity contribution in [2.45, 2.75) is 26.8 Å². The summed E-state index contributed by atoms with van der Waals surface area (Å²) in [5.74, 6) is 0.562. The minimum atomic E-state index is -0.507. The van der Waals surface area contributed by atoms with Crippen molar-refractivity contribution in [3.8, 4) is 17.5 Å². The molecule has 2 aromatic heterocycles. The maximum Gasteiger partial charge on any atom is 0.227 e. The van der Waals surface area contributed by atoms with Gasteiger partial charge in [0, 0.05) is 11.7 Å². The van der Waals surface area contributed by atoms with Crippen LogP contribution < -0.4 is 5.32 Å². The van der Waals surface area contributed by atoms with Gasteiger partial charge in [0.1, 0.15) is 11.5 Å². The quantitative estimate of drug-likeness (QED) is 0.779. The molecule has 6 nitrogen and oxygen atoms in total. The second kappa shape index (κ2) is 6.69. The summed E-state index contributed by atoms with van der Waals surface area (Å²) in [6.07, 6.45) is 2.76. The fraction of sp³-hybridized carbons (Fsp3) is 0.222. The molecule has 3 aromatic rings. The number of halogens is 1. The van der Waals surface area contributed by atoms with Crippen molar-refractivity contribution in [3.63, 3.8) is 0 Å². The Morgan fingerprint density at radius 1 is 1.16 bits per heavy atom. The van der Waals surface area contributed by atoms with E-state index in [-0.39, 0.29) is 17.7 Å². The molecule has 0 aliphatic heterocycles. The highest BCUT2D eigenvalue weighted by Gasteiger charge is 2.17. The highest BCUT2D eigenvalue weighted by atomic mass is 19.1. The number of benzene rings is 1. The number of nitrogens with one attached hydrogen (secondary N) is 1. The van der Waals surface area contributed by atoms with Crippen molar-refractivity contribution in [2.75, 3.05) is 5.32 Å². The van der Waals surface area contributed by atoms with Crippen LogP contribution in [-0.2, 0) is 0 Å². The molecular weight excluding hydrogens is 319 g/mol. The molecule has 0 saturated heterocycles. The molecule has 0 spiro atoms. The lowest BCUT2D eigenvalue weighted by molar-refractivity contribution is 0.578. The molecule has 0 saturated carbocycles. The van der Waals surface area contributed by atoms with Gasteiger partial charge in [-0.15, -0.1) is 0 Å². The summed E-state index contributed by atoms with van der Waals surface area (Å²) in [7, 11) is 0. The lowest BCUT2D eigenvalue weighted by Gasteiger charge is -2.14. The maximum atomic E-state index is 14.3. The average Bonchev–Trinajstić information content (AvgIpc) is 2.99. The standard InChI is InChI=1S/C18H17FN6/c1-11(2)25-12(3)21-10-16(25)17-15(19)9-22-18(24-17)23-14-6-4-13(8-20)5-7-14/h4-7,9-11H,1-3H3,(H,22,23,24). The number of imidazole rings is 1. The highest BCUT2D eigenvalue weighted by Crippen LogP contribution is 2.26. The van der Waals surface area contributed by atoms with Crippen molar-refractivity contribution in [2.24, 2.45) is 0 Å². The molecule has 2 heterocycles. The summed E-state index contributed by atoms with van der Waals surface area (Å²) in [5.41, 5.74) is 2.07. The van der Waals surface area contributed by atoms with Crippen LogP contribution in [0.1, 0.15) is 31.3 Å². The third-order valence-electron chi connectivity index (χ3n) is 3.76. The second-order valence-corrected chi connectivity index (χ2v) is 5.86. The summed E-state index contributed by atoms with van der Waals surface area (Å²) in [5, 5.41) is 11.9. The summed E-state index contributed by atoms with van der Waals surface area (Å²) in [6, 6.07) is 9.04. The summed E-state index contributed by atoms with van der Waals surface area (Å²) >= 11 is 0. The third kappa shape index (κ3) is 3.33. The summed E-state index contributed by atoms with van der Waals surface area (Å²) in [4.78, 5) is 12.6.